The van der Waals surface area contributed by atoms with E-state index in [1.807, 2.05) is 0 Å². The second kappa shape index (κ2) is 4.07. The van der Waals surface area contributed by atoms with Gasteiger partial charge in [-0.2, -0.15) is 0 Å². The molecule has 1 aromatic carbocycles. The van der Waals surface area contributed by atoms with Gasteiger partial charge in [-0.05, 0) is 25.1 Å². The molecule has 1 aromatic rings. The normalized spacial score (nSPS) is 8.83. The number of carbonyl (C=O) groups excluding carboxylic acids is 1. The number of hydrogen-bond acceptors (Lipinski definition) is 2. The largest absolute Gasteiger partial charge is 0.396 e. The standard InChI is InChI=1S/C8H8FNO.ClH/c1-5(11)6-2-3-8(10)7(9)4-6;/h2-4H,10H2,1H3;1H. The summed E-state index contributed by atoms with van der Waals surface area (Å²) >= 11 is 0. The van der Waals surface area contributed by atoms with E-state index in [0.717, 1.165) is 6.07 Å². The maximum Gasteiger partial charge on any atom is 0.159 e. The topological polar surface area (TPSA) is 43.1 Å². The molecule has 0 radical (unpaired) electrons. The lowest BCUT2D eigenvalue weighted by molar-refractivity contribution is 0.101. The van der Waals surface area contributed by atoms with Gasteiger partial charge in [0.15, 0.2) is 5.78 Å². The lowest BCUT2D eigenvalue weighted by atomic mass is 10.1. The lowest BCUT2D eigenvalue weighted by Crippen LogP contribution is -1.96. The third-order valence-corrected chi connectivity index (χ3v) is 1.41. The van der Waals surface area contributed by atoms with Crippen molar-refractivity contribution in [3.8, 4) is 0 Å². The van der Waals surface area contributed by atoms with Gasteiger partial charge in [0.1, 0.15) is 5.82 Å². The number of ketones is 1. The highest BCUT2D eigenvalue weighted by molar-refractivity contribution is 5.94. The van der Waals surface area contributed by atoms with Crippen molar-refractivity contribution in [1.29, 1.82) is 0 Å². The Balaban J connectivity index is 0.00000121. The van der Waals surface area contributed by atoms with Crippen LogP contribution in [0.1, 0.15) is 17.3 Å². The number of halogens is 2. The minimum absolute atomic E-state index is 0. The van der Waals surface area contributed by atoms with Crippen molar-refractivity contribution in [2.75, 3.05) is 5.73 Å². The van der Waals surface area contributed by atoms with E-state index in [9.17, 15) is 9.18 Å². The van der Waals surface area contributed by atoms with E-state index in [4.69, 9.17) is 5.73 Å². The zero-order valence-electron chi connectivity index (χ0n) is 6.50. The fraction of sp³-hybridized carbons (Fsp3) is 0.125. The monoisotopic (exact) mass is 189 g/mol. The summed E-state index contributed by atoms with van der Waals surface area (Å²) in [6.45, 7) is 1.38. The summed E-state index contributed by atoms with van der Waals surface area (Å²) in [7, 11) is 0. The van der Waals surface area contributed by atoms with Crippen molar-refractivity contribution < 1.29 is 9.18 Å². The van der Waals surface area contributed by atoms with Crippen LogP contribution in [-0.2, 0) is 0 Å². The molecular weight excluding hydrogens is 181 g/mol. The Kier molecular flexibility index (Phi) is 3.70. The van der Waals surface area contributed by atoms with Crippen LogP contribution in [0, 0.1) is 5.82 Å². The third-order valence-electron chi connectivity index (χ3n) is 1.41. The van der Waals surface area contributed by atoms with E-state index < -0.39 is 5.82 Å². The number of anilines is 1. The molecule has 0 aliphatic heterocycles. The van der Waals surface area contributed by atoms with Gasteiger partial charge in [-0.15, -0.1) is 12.4 Å². The molecule has 0 spiro atoms. The van der Waals surface area contributed by atoms with Crippen molar-refractivity contribution in [3.05, 3.63) is 29.6 Å². The fourth-order valence-electron chi connectivity index (χ4n) is 0.746. The molecule has 0 saturated heterocycles. The molecule has 4 heteroatoms. The fourth-order valence-corrected chi connectivity index (χ4v) is 0.746. The quantitative estimate of drug-likeness (QED) is 0.543. The summed E-state index contributed by atoms with van der Waals surface area (Å²) in [4.78, 5) is 10.7. The summed E-state index contributed by atoms with van der Waals surface area (Å²) in [5.74, 6) is -0.707. The van der Waals surface area contributed by atoms with E-state index in [-0.39, 0.29) is 23.9 Å². The average Bonchev–Trinajstić information content (AvgIpc) is 1.94. The van der Waals surface area contributed by atoms with Gasteiger partial charge in [-0.1, -0.05) is 0 Å². The number of carbonyl (C=O) groups is 1. The van der Waals surface area contributed by atoms with Crippen molar-refractivity contribution in [1.82, 2.24) is 0 Å². The van der Waals surface area contributed by atoms with Crippen LogP contribution in [0.4, 0.5) is 10.1 Å². The predicted molar refractivity (Wildman–Crippen MR) is 48.1 cm³/mol. The molecule has 1 rings (SSSR count). The Morgan fingerprint density at radius 3 is 2.50 bits per heavy atom. The molecule has 0 bridgehead atoms. The second-order valence-electron chi connectivity index (χ2n) is 2.29. The molecule has 0 aromatic heterocycles. The van der Waals surface area contributed by atoms with Crippen LogP contribution in [-0.4, -0.2) is 5.78 Å². The summed E-state index contributed by atoms with van der Waals surface area (Å²) in [6.07, 6.45) is 0. The van der Waals surface area contributed by atoms with Crippen molar-refractivity contribution in [2.24, 2.45) is 0 Å². The summed E-state index contributed by atoms with van der Waals surface area (Å²) in [6, 6.07) is 4.02. The number of Topliss-reactive ketones (excluding diaryl/α,β-unsaturated/α-hetero) is 1. The molecule has 0 amide bonds. The van der Waals surface area contributed by atoms with Crippen LogP contribution in [0.15, 0.2) is 18.2 Å². The van der Waals surface area contributed by atoms with Gasteiger partial charge in [0.25, 0.3) is 0 Å². The van der Waals surface area contributed by atoms with Gasteiger partial charge in [-0.25, -0.2) is 4.39 Å². The molecule has 2 N–H and O–H groups in total. The van der Waals surface area contributed by atoms with Crippen molar-refractivity contribution in [3.63, 3.8) is 0 Å². The third kappa shape index (κ3) is 2.20. The molecule has 12 heavy (non-hydrogen) atoms. The summed E-state index contributed by atoms with van der Waals surface area (Å²) in [5.41, 5.74) is 5.61. The Bertz CT molecular complexity index is 301. The Morgan fingerprint density at radius 1 is 1.50 bits per heavy atom. The van der Waals surface area contributed by atoms with Crippen LogP contribution in [0.3, 0.4) is 0 Å². The highest BCUT2D eigenvalue weighted by Crippen LogP contribution is 2.11. The van der Waals surface area contributed by atoms with Crippen LogP contribution in [0.5, 0.6) is 0 Å². The molecule has 0 saturated carbocycles. The SMILES string of the molecule is CC(=O)c1ccc(N)c(F)c1.Cl. The molecule has 0 unspecified atom stereocenters. The van der Waals surface area contributed by atoms with Crippen molar-refractivity contribution >= 4 is 23.9 Å². The van der Waals surface area contributed by atoms with Crippen LogP contribution in [0.2, 0.25) is 0 Å². The number of nitrogens with two attached hydrogens (primary N) is 1. The first-order valence-corrected chi connectivity index (χ1v) is 3.17. The Hall–Kier alpha value is -1.09. The molecule has 0 fully saturated rings. The number of nitrogen functional groups attached to an aromatic ring is 1. The first-order valence-electron chi connectivity index (χ1n) is 3.17. The zero-order chi connectivity index (χ0) is 8.43. The first kappa shape index (κ1) is 10.9. The van der Waals surface area contributed by atoms with Crippen LogP contribution in [0.25, 0.3) is 0 Å². The van der Waals surface area contributed by atoms with Gasteiger partial charge in [0.2, 0.25) is 0 Å². The maximum absolute atomic E-state index is 12.7. The minimum atomic E-state index is -0.544. The second-order valence-corrected chi connectivity index (χ2v) is 2.29. The molecule has 66 valence electrons. The van der Waals surface area contributed by atoms with E-state index in [1.54, 1.807) is 0 Å². The first-order chi connectivity index (χ1) is 5.11. The lowest BCUT2D eigenvalue weighted by Gasteiger charge is -1.97. The van der Waals surface area contributed by atoms with Crippen LogP contribution < -0.4 is 5.73 Å². The van der Waals surface area contributed by atoms with Gasteiger partial charge in [0, 0.05) is 5.56 Å². The Labute approximate surface area is 76.0 Å². The van der Waals surface area contributed by atoms with Gasteiger partial charge in [-0.3, -0.25) is 4.79 Å². The van der Waals surface area contributed by atoms with Gasteiger partial charge in [0.05, 0.1) is 5.69 Å². The van der Waals surface area contributed by atoms with Crippen molar-refractivity contribution in [2.45, 2.75) is 6.92 Å². The van der Waals surface area contributed by atoms with E-state index in [0.29, 0.717) is 5.56 Å². The Morgan fingerprint density at radius 2 is 2.08 bits per heavy atom. The summed E-state index contributed by atoms with van der Waals surface area (Å²) < 4.78 is 12.7. The highest BCUT2D eigenvalue weighted by Gasteiger charge is 2.02. The minimum Gasteiger partial charge on any atom is -0.396 e. The van der Waals surface area contributed by atoms with E-state index in [2.05, 4.69) is 0 Å². The molecule has 0 atom stereocenters. The molecule has 0 aliphatic carbocycles. The number of benzene rings is 1. The average molecular weight is 190 g/mol. The molecule has 0 aliphatic rings. The number of rotatable bonds is 1. The van der Waals surface area contributed by atoms with Crippen LogP contribution >= 0.6 is 12.4 Å². The zero-order valence-corrected chi connectivity index (χ0v) is 7.32. The maximum atomic E-state index is 12.7. The highest BCUT2D eigenvalue weighted by atomic mass is 35.5. The summed E-state index contributed by atoms with van der Waals surface area (Å²) in [5, 5.41) is 0. The smallest absolute Gasteiger partial charge is 0.159 e. The molecule has 0 heterocycles. The molecular formula is C8H9ClFNO. The molecule has 2 nitrogen and oxygen atoms in total. The number of hydrogen-bond donors (Lipinski definition) is 1. The van der Waals surface area contributed by atoms with Gasteiger partial charge >= 0.3 is 0 Å². The van der Waals surface area contributed by atoms with E-state index in [1.165, 1.54) is 19.1 Å². The van der Waals surface area contributed by atoms with E-state index >= 15 is 0 Å². The van der Waals surface area contributed by atoms with Gasteiger partial charge < -0.3 is 5.73 Å². The predicted octanol–water partition coefficient (Wildman–Crippen LogP) is 2.03.